The number of phenolic OH excluding ortho intramolecular Hbond substituents is 1. The Morgan fingerprint density at radius 2 is 1.84 bits per heavy atom. The van der Waals surface area contributed by atoms with Crippen molar-refractivity contribution in [1.82, 2.24) is 5.32 Å². The topological polar surface area (TPSA) is 74.0 Å². The number of carbonyl (C=O) groups is 1. The zero-order chi connectivity index (χ0) is 25.1. The van der Waals surface area contributed by atoms with Gasteiger partial charge in [0.15, 0.2) is 21.9 Å². The van der Waals surface area contributed by atoms with E-state index in [9.17, 15) is 9.90 Å². The van der Waals surface area contributed by atoms with Crippen molar-refractivity contribution in [3.8, 4) is 16.9 Å². The smallest absolute Gasteiger partial charge is 0.264 e. The molecule has 5 fully saturated rings. The number of carbonyl (C=O) groups excluding carboxylic acids is 1. The Balaban J connectivity index is 1.20. The predicted octanol–water partition coefficient (Wildman–Crippen LogP) is 6.33. The Kier molecular flexibility index (Phi) is 5.73. The average Bonchev–Trinajstić information content (AvgIpc) is 3.49. The van der Waals surface area contributed by atoms with E-state index in [4.69, 9.17) is 0 Å². The second-order valence-electron chi connectivity index (χ2n) is 11.2. The summed E-state index contributed by atoms with van der Waals surface area (Å²) in [6, 6.07) is 11.3. The van der Waals surface area contributed by atoms with Gasteiger partial charge in [-0.2, -0.15) is 4.99 Å². The van der Waals surface area contributed by atoms with Crippen LogP contribution in [0.1, 0.15) is 49.7 Å². The van der Waals surface area contributed by atoms with E-state index in [0.717, 1.165) is 53.8 Å². The molecule has 0 spiro atoms. The summed E-state index contributed by atoms with van der Waals surface area (Å²) in [4.78, 5) is 21.9. The van der Waals surface area contributed by atoms with Crippen molar-refractivity contribution in [1.29, 1.82) is 0 Å². The van der Waals surface area contributed by atoms with Crippen LogP contribution in [-0.2, 0) is 10.2 Å². The fourth-order valence-electron chi connectivity index (χ4n) is 7.53. The molecule has 4 saturated carbocycles. The number of hydrogen-bond donors (Lipinski definition) is 2. The monoisotopic (exact) mass is 533 g/mol. The second-order valence-corrected chi connectivity index (χ2v) is 13.3. The maximum atomic E-state index is 15.2. The van der Waals surface area contributed by atoms with E-state index in [1.165, 1.54) is 37.1 Å². The SMILES string of the molecule is O=C1N/C(=N\C2=NCCS2)SC1=Cc1cccc(-c2cc(F)c(O)c(C34CC5CC(CC(C5)C3)C4)c2)c1. The summed E-state index contributed by atoms with van der Waals surface area (Å²) in [6.45, 7) is 0.757. The van der Waals surface area contributed by atoms with Crippen LogP contribution in [-0.4, -0.2) is 33.6 Å². The van der Waals surface area contributed by atoms with Gasteiger partial charge in [-0.25, -0.2) is 4.39 Å². The van der Waals surface area contributed by atoms with Crippen LogP contribution in [0.15, 0.2) is 51.3 Å². The van der Waals surface area contributed by atoms with Gasteiger partial charge in [0.25, 0.3) is 5.91 Å². The molecule has 0 atom stereocenters. The first-order valence-electron chi connectivity index (χ1n) is 13.0. The number of amides is 1. The number of amidine groups is 2. The van der Waals surface area contributed by atoms with Gasteiger partial charge in [-0.3, -0.25) is 9.79 Å². The minimum absolute atomic E-state index is 0.106. The highest BCUT2D eigenvalue weighted by Gasteiger charge is 2.52. The van der Waals surface area contributed by atoms with E-state index >= 15 is 4.39 Å². The van der Waals surface area contributed by atoms with Crippen LogP contribution >= 0.6 is 23.5 Å². The van der Waals surface area contributed by atoms with Gasteiger partial charge >= 0.3 is 0 Å². The molecule has 0 aromatic heterocycles. The third-order valence-electron chi connectivity index (χ3n) is 8.61. The van der Waals surface area contributed by atoms with Crippen molar-refractivity contribution in [2.75, 3.05) is 12.3 Å². The first kappa shape index (κ1) is 23.5. The Hall–Kier alpha value is -2.58. The molecular formula is C29H28FN3O2S2. The molecule has 1 amide bonds. The van der Waals surface area contributed by atoms with Crippen molar-refractivity contribution in [2.45, 2.75) is 43.9 Å². The summed E-state index contributed by atoms with van der Waals surface area (Å²) in [5.74, 6) is 2.13. The standard InChI is InChI=1S/C29H28FN3O2S2/c30-23-12-21(11-22(25(23)34)29-13-17-6-18(14-29)8-19(7-17)15-29)20-3-1-2-16(9-20)10-24-26(35)32-28(37-24)33-27-31-4-5-36-27/h1-3,9-12,17-19,34H,4-8,13-15H2,(H,31,32,33,35). The Labute approximate surface area is 224 Å². The number of hydrogen-bond acceptors (Lipinski definition) is 6. The number of phenols is 1. The number of aliphatic imine (C=N–C) groups is 2. The maximum absolute atomic E-state index is 15.2. The molecule has 5 nitrogen and oxygen atoms in total. The van der Waals surface area contributed by atoms with E-state index in [2.05, 4.69) is 15.3 Å². The normalized spacial score (nSPS) is 32.4. The fraction of sp³-hybridized carbons (Fsp3) is 0.414. The Morgan fingerprint density at radius 1 is 1.08 bits per heavy atom. The molecule has 2 heterocycles. The minimum Gasteiger partial charge on any atom is -0.505 e. The molecule has 2 aromatic carbocycles. The molecule has 4 bridgehead atoms. The molecular weight excluding hydrogens is 505 g/mol. The number of thioether (sulfide) groups is 2. The van der Waals surface area contributed by atoms with E-state index < -0.39 is 5.82 Å². The maximum Gasteiger partial charge on any atom is 0.264 e. The van der Waals surface area contributed by atoms with E-state index in [1.807, 2.05) is 36.4 Å². The van der Waals surface area contributed by atoms with Crippen LogP contribution < -0.4 is 5.32 Å². The first-order chi connectivity index (χ1) is 17.9. The van der Waals surface area contributed by atoms with Crippen LogP contribution in [0.5, 0.6) is 5.75 Å². The first-order valence-corrected chi connectivity index (χ1v) is 14.8. The molecule has 2 aliphatic heterocycles. The van der Waals surface area contributed by atoms with Crippen LogP contribution in [0.2, 0.25) is 0 Å². The number of halogens is 1. The molecule has 0 radical (unpaired) electrons. The Morgan fingerprint density at radius 3 is 2.54 bits per heavy atom. The van der Waals surface area contributed by atoms with Crippen LogP contribution in [0, 0.1) is 23.6 Å². The van der Waals surface area contributed by atoms with Crippen molar-refractivity contribution in [3.05, 3.63) is 58.2 Å². The molecule has 8 rings (SSSR count). The van der Waals surface area contributed by atoms with Crippen molar-refractivity contribution in [3.63, 3.8) is 0 Å². The van der Waals surface area contributed by atoms with Crippen molar-refractivity contribution in [2.24, 2.45) is 27.7 Å². The summed E-state index contributed by atoms with van der Waals surface area (Å²) < 4.78 is 15.2. The summed E-state index contributed by atoms with van der Waals surface area (Å²) in [5.41, 5.74) is 3.18. The van der Waals surface area contributed by atoms with Crippen LogP contribution in [0.25, 0.3) is 17.2 Å². The summed E-state index contributed by atoms with van der Waals surface area (Å²) in [5, 5.41) is 14.9. The van der Waals surface area contributed by atoms with Gasteiger partial charge in [0.1, 0.15) is 0 Å². The highest BCUT2D eigenvalue weighted by atomic mass is 32.2. The van der Waals surface area contributed by atoms with Gasteiger partial charge in [0.05, 0.1) is 11.4 Å². The van der Waals surface area contributed by atoms with Crippen molar-refractivity contribution >= 4 is 45.8 Å². The number of nitrogens with zero attached hydrogens (tertiary/aromatic N) is 2. The van der Waals surface area contributed by atoms with Crippen LogP contribution in [0.4, 0.5) is 4.39 Å². The quantitative estimate of drug-likeness (QED) is 0.452. The fourth-order valence-corrected chi connectivity index (χ4v) is 9.11. The lowest BCUT2D eigenvalue weighted by atomic mass is 9.48. The summed E-state index contributed by atoms with van der Waals surface area (Å²) >= 11 is 2.89. The van der Waals surface area contributed by atoms with Gasteiger partial charge in [-0.1, -0.05) is 30.0 Å². The molecule has 2 N–H and O–H groups in total. The molecule has 2 aromatic rings. The molecule has 190 valence electrons. The molecule has 4 aliphatic carbocycles. The largest absolute Gasteiger partial charge is 0.505 e. The summed E-state index contributed by atoms with van der Waals surface area (Å²) in [6.07, 6.45) is 8.90. The van der Waals surface area contributed by atoms with Gasteiger partial charge < -0.3 is 10.4 Å². The lowest BCUT2D eigenvalue weighted by Crippen LogP contribution is -2.48. The summed E-state index contributed by atoms with van der Waals surface area (Å²) in [7, 11) is 0. The van der Waals surface area contributed by atoms with Gasteiger partial charge in [0.2, 0.25) is 0 Å². The predicted molar refractivity (Wildman–Crippen MR) is 149 cm³/mol. The lowest BCUT2D eigenvalue weighted by molar-refractivity contribution is -0.115. The average molecular weight is 534 g/mol. The minimum atomic E-state index is -0.550. The molecule has 6 aliphatic rings. The molecule has 37 heavy (non-hydrogen) atoms. The second kappa shape index (κ2) is 9.02. The third kappa shape index (κ3) is 4.32. The number of rotatable bonds is 3. The van der Waals surface area contributed by atoms with Gasteiger partial charge in [-0.15, -0.1) is 0 Å². The molecule has 8 heteroatoms. The molecule has 0 unspecified atom stereocenters. The zero-order valence-corrected chi connectivity index (χ0v) is 22.0. The van der Waals surface area contributed by atoms with Crippen molar-refractivity contribution < 1.29 is 14.3 Å². The van der Waals surface area contributed by atoms with Gasteiger partial charge in [-0.05, 0) is 114 Å². The number of nitrogens with one attached hydrogen (secondary N) is 1. The number of aromatic hydroxyl groups is 1. The highest BCUT2D eigenvalue weighted by molar-refractivity contribution is 8.19. The van der Waals surface area contributed by atoms with Gasteiger partial charge in [0, 0.05) is 11.3 Å². The zero-order valence-electron chi connectivity index (χ0n) is 20.4. The highest BCUT2D eigenvalue weighted by Crippen LogP contribution is 2.62. The van der Waals surface area contributed by atoms with E-state index in [1.54, 1.807) is 11.8 Å². The molecule has 1 saturated heterocycles. The van der Waals surface area contributed by atoms with E-state index in [0.29, 0.717) is 33.0 Å². The lowest BCUT2D eigenvalue weighted by Gasteiger charge is -2.57. The third-order valence-corrected chi connectivity index (χ3v) is 10.4. The number of benzene rings is 2. The van der Waals surface area contributed by atoms with Crippen LogP contribution in [0.3, 0.4) is 0 Å². The van der Waals surface area contributed by atoms with E-state index in [-0.39, 0.29) is 17.1 Å². The Bertz CT molecular complexity index is 1360.